The number of nitriles is 1. The maximum Gasteiger partial charge on any atom is 0.251 e. The predicted molar refractivity (Wildman–Crippen MR) is 61.2 cm³/mol. The van der Waals surface area contributed by atoms with Gasteiger partial charge in [0, 0.05) is 0 Å². The molecule has 4 nitrogen and oxygen atoms in total. The lowest BCUT2D eigenvalue weighted by molar-refractivity contribution is 0.290. The second-order valence-electron chi connectivity index (χ2n) is 3.76. The van der Waals surface area contributed by atoms with Crippen LogP contribution in [0.4, 0.5) is 0 Å². The molecule has 0 aliphatic carbocycles. The first-order chi connectivity index (χ1) is 7.70. The Kier molecular flexibility index (Phi) is 4.71. The highest BCUT2D eigenvalue weighted by atomic mass is 16.5. The molecule has 0 saturated heterocycles. The fraction of sp³-hybridized carbons (Fsp3) is 0.583. The fourth-order valence-electron chi connectivity index (χ4n) is 1.34. The highest BCUT2D eigenvalue weighted by Gasteiger charge is 2.11. The molecule has 0 unspecified atom stereocenters. The SMILES string of the molecule is CCCCCOc1nnc(C)c(C)c1C#N. The summed E-state index contributed by atoms with van der Waals surface area (Å²) in [6.07, 6.45) is 3.25. The summed E-state index contributed by atoms with van der Waals surface area (Å²) in [5.74, 6) is 0.363. The molecule has 1 aromatic rings. The molecule has 0 bridgehead atoms. The third-order valence-electron chi connectivity index (χ3n) is 2.52. The van der Waals surface area contributed by atoms with Gasteiger partial charge in [-0.15, -0.1) is 5.10 Å². The number of aryl methyl sites for hydroxylation is 1. The second-order valence-corrected chi connectivity index (χ2v) is 3.76. The fourth-order valence-corrected chi connectivity index (χ4v) is 1.34. The zero-order valence-corrected chi connectivity index (χ0v) is 10.1. The van der Waals surface area contributed by atoms with Crippen molar-refractivity contribution >= 4 is 0 Å². The van der Waals surface area contributed by atoms with E-state index in [0.717, 1.165) is 30.5 Å². The Labute approximate surface area is 96.3 Å². The minimum absolute atomic E-state index is 0.363. The van der Waals surface area contributed by atoms with Crippen molar-refractivity contribution in [2.45, 2.75) is 40.0 Å². The zero-order valence-electron chi connectivity index (χ0n) is 10.1. The van der Waals surface area contributed by atoms with Crippen LogP contribution in [0, 0.1) is 25.2 Å². The van der Waals surface area contributed by atoms with Gasteiger partial charge in [-0.1, -0.05) is 19.8 Å². The zero-order chi connectivity index (χ0) is 12.0. The molecule has 0 aliphatic heterocycles. The molecule has 86 valence electrons. The normalized spacial score (nSPS) is 9.88. The van der Waals surface area contributed by atoms with Gasteiger partial charge in [0.15, 0.2) is 0 Å². The number of aromatic nitrogens is 2. The van der Waals surface area contributed by atoms with Gasteiger partial charge in [0.2, 0.25) is 0 Å². The minimum Gasteiger partial charge on any atom is -0.476 e. The van der Waals surface area contributed by atoms with Crippen LogP contribution in [0.2, 0.25) is 0 Å². The Balaban J connectivity index is 2.73. The molecule has 0 aliphatic rings. The summed E-state index contributed by atoms with van der Waals surface area (Å²) in [4.78, 5) is 0. The summed E-state index contributed by atoms with van der Waals surface area (Å²) in [6.45, 7) is 6.43. The van der Waals surface area contributed by atoms with Crippen LogP contribution >= 0.6 is 0 Å². The number of nitrogens with zero attached hydrogens (tertiary/aromatic N) is 3. The van der Waals surface area contributed by atoms with Crippen LogP contribution in [0.1, 0.15) is 43.0 Å². The minimum atomic E-state index is 0.363. The van der Waals surface area contributed by atoms with Crippen molar-refractivity contribution in [3.8, 4) is 11.9 Å². The van der Waals surface area contributed by atoms with Gasteiger partial charge in [0.1, 0.15) is 11.6 Å². The molecule has 0 amide bonds. The van der Waals surface area contributed by atoms with E-state index in [4.69, 9.17) is 10.00 Å². The van der Waals surface area contributed by atoms with Crippen LogP contribution in [0.15, 0.2) is 0 Å². The van der Waals surface area contributed by atoms with Crippen molar-refractivity contribution in [1.29, 1.82) is 5.26 Å². The third-order valence-corrected chi connectivity index (χ3v) is 2.52. The molecule has 0 radical (unpaired) electrons. The van der Waals surface area contributed by atoms with Crippen LogP contribution < -0.4 is 4.74 Å². The second kappa shape index (κ2) is 6.06. The molecule has 0 atom stereocenters. The lowest BCUT2D eigenvalue weighted by atomic mass is 10.1. The van der Waals surface area contributed by atoms with Crippen LogP contribution in [0.25, 0.3) is 0 Å². The molecule has 0 fully saturated rings. The van der Waals surface area contributed by atoms with Crippen molar-refractivity contribution in [3.63, 3.8) is 0 Å². The molecule has 1 heterocycles. The first-order valence-corrected chi connectivity index (χ1v) is 5.57. The summed E-state index contributed by atoms with van der Waals surface area (Å²) >= 11 is 0. The smallest absolute Gasteiger partial charge is 0.251 e. The molecule has 4 heteroatoms. The van der Waals surface area contributed by atoms with E-state index in [-0.39, 0.29) is 0 Å². The topological polar surface area (TPSA) is 58.8 Å². The van der Waals surface area contributed by atoms with Gasteiger partial charge in [0.05, 0.1) is 12.3 Å². The van der Waals surface area contributed by atoms with Crippen molar-refractivity contribution in [2.75, 3.05) is 6.61 Å². The first-order valence-electron chi connectivity index (χ1n) is 5.57. The largest absolute Gasteiger partial charge is 0.476 e. The number of ether oxygens (including phenoxy) is 1. The van der Waals surface area contributed by atoms with Gasteiger partial charge >= 0.3 is 0 Å². The molecular weight excluding hydrogens is 202 g/mol. The Bertz CT molecular complexity index is 396. The summed E-state index contributed by atoms with van der Waals surface area (Å²) in [7, 11) is 0. The first kappa shape index (κ1) is 12.4. The van der Waals surface area contributed by atoms with E-state index in [1.165, 1.54) is 0 Å². The monoisotopic (exact) mass is 219 g/mol. The Morgan fingerprint density at radius 2 is 2.00 bits per heavy atom. The van der Waals surface area contributed by atoms with E-state index < -0.39 is 0 Å². The van der Waals surface area contributed by atoms with Crippen LogP contribution in [0.5, 0.6) is 5.88 Å². The number of unbranched alkanes of at least 4 members (excludes halogenated alkanes) is 2. The summed E-state index contributed by atoms with van der Waals surface area (Å²) < 4.78 is 5.47. The van der Waals surface area contributed by atoms with E-state index >= 15 is 0 Å². The van der Waals surface area contributed by atoms with Gasteiger partial charge in [-0.2, -0.15) is 10.4 Å². The summed E-state index contributed by atoms with van der Waals surface area (Å²) in [6, 6.07) is 2.12. The molecule has 0 spiro atoms. The van der Waals surface area contributed by atoms with E-state index in [1.807, 2.05) is 13.8 Å². The Morgan fingerprint density at radius 3 is 2.62 bits per heavy atom. The number of hydrogen-bond donors (Lipinski definition) is 0. The molecular formula is C12H17N3O. The van der Waals surface area contributed by atoms with Gasteiger partial charge in [-0.05, 0) is 25.8 Å². The Morgan fingerprint density at radius 1 is 1.25 bits per heavy atom. The van der Waals surface area contributed by atoms with Gasteiger partial charge < -0.3 is 4.74 Å². The van der Waals surface area contributed by atoms with Crippen molar-refractivity contribution in [3.05, 3.63) is 16.8 Å². The average Bonchev–Trinajstić information content (AvgIpc) is 2.29. The van der Waals surface area contributed by atoms with Gasteiger partial charge in [-0.25, -0.2) is 0 Å². The molecule has 16 heavy (non-hydrogen) atoms. The Hall–Kier alpha value is -1.63. The van der Waals surface area contributed by atoms with Crippen LogP contribution in [0.3, 0.4) is 0 Å². The number of hydrogen-bond acceptors (Lipinski definition) is 4. The maximum atomic E-state index is 9.03. The van der Waals surface area contributed by atoms with E-state index in [2.05, 4.69) is 23.2 Å². The highest BCUT2D eigenvalue weighted by molar-refractivity contribution is 5.44. The summed E-state index contributed by atoms with van der Waals surface area (Å²) in [5.41, 5.74) is 2.13. The number of rotatable bonds is 5. The molecule has 0 aromatic carbocycles. The lowest BCUT2D eigenvalue weighted by Crippen LogP contribution is -2.05. The predicted octanol–water partition coefficient (Wildman–Crippen LogP) is 2.53. The summed E-state index contributed by atoms with van der Waals surface area (Å²) in [5, 5.41) is 16.9. The molecule has 1 aromatic heterocycles. The van der Waals surface area contributed by atoms with Crippen molar-refractivity contribution in [1.82, 2.24) is 10.2 Å². The lowest BCUT2D eigenvalue weighted by Gasteiger charge is -2.08. The molecule has 1 rings (SSSR count). The van der Waals surface area contributed by atoms with Crippen molar-refractivity contribution < 1.29 is 4.74 Å². The van der Waals surface area contributed by atoms with Gasteiger partial charge in [0.25, 0.3) is 5.88 Å². The van der Waals surface area contributed by atoms with E-state index in [1.54, 1.807) is 0 Å². The maximum absolute atomic E-state index is 9.03. The average molecular weight is 219 g/mol. The molecule has 0 N–H and O–H groups in total. The van der Waals surface area contributed by atoms with Crippen LogP contribution in [-0.4, -0.2) is 16.8 Å². The van der Waals surface area contributed by atoms with E-state index in [9.17, 15) is 0 Å². The standard InChI is InChI=1S/C12H17N3O/c1-4-5-6-7-16-12-11(8-13)9(2)10(3)14-15-12/h4-7H2,1-3H3. The quantitative estimate of drug-likeness (QED) is 0.714. The highest BCUT2D eigenvalue weighted by Crippen LogP contribution is 2.19. The third kappa shape index (κ3) is 2.93. The van der Waals surface area contributed by atoms with Crippen LogP contribution in [-0.2, 0) is 0 Å². The van der Waals surface area contributed by atoms with E-state index in [0.29, 0.717) is 18.1 Å². The molecule has 0 saturated carbocycles. The van der Waals surface area contributed by atoms with Gasteiger partial charge in [-0.3, -0.25) is 0 Å². The van der Waals surface area contributed by atoms with Crippen molar-refractivity contribution in [2.24, 2.45) is 0 Å².